The maximum Gasteiger partial charge on any atom is 0.233 e. The zero-order valence-corrected chi connectivity index (χ0v) is 13.1. The van der Waals surface area contributed by atoms with E-state index in [9.17, 15) is 22.8 Å². The molecule has 8 heteroatoms. The third kappa shape index (κ3) is 4.56. The number of rotatable bonds is 4. The van der Waals surface area contributed by atoms with Gasteiger partial charge in [-0.05, 0) is 36.4 Å². The molecule has 0 saturated heterocycles. The molecule has 2 aromatic rings. The molecule has 0 heterocycles. The van der Waals surface area contributed by atoms with Gasteiger partial charge in [0.25, 0.3) is 0 Å². The van der Waals surface area contributed by atoms with Crippen LogP contribution in [0, 0.1) is 17.5 Å². The van der Waals surface area contributed by atoms with E-state index in [4.69, 9.17) is 0 Å². The second-order valence-corrected chi connectivity index (χ2v) is 5.42. The Morgan fingerprint density at radius 2 is 1.48 bits per heavy atom. The van der Waals surface area contributed by atoms with E-state index in [1.165, 1.54) is 0 Å². The quantitative estimate of drug-likeness (QED) is 0.619. The van der Waals surface area contributed by atoms with Crippen molar-refractivity contribution in [3.8, 4) is 0 Å². The number of hydrogen-bond acceptors (Lipinski definition) is 2. The molecule has 2 aromatic carbocycles. The number of halogens is 4. The highest BCUT2D eigenvalue weighted by Gasteiger charge is 2.16. The van der Waals surface area contributed by atoms with Gasteiger partial charge in [0.15, 0.2) is 17.5 Å². The molecule has 0 radical (unpaired) electrons. The average molecular weight is 387 g/mol. The molecular weight excluding hydrogens is 377 g/mol. The van der Waals surface area contributed by atoms with Crippen molar-refractivity contribution in [3.05, 3.63) is 58.3 Å². The fraction of sp³-hybridized carbons (Fsp3) is 0.0667. The molecule has 0 spiro atoms. The topological polar surface area (TPSA) is 58.2 Å². The third-order valence-electron chi connectivity index (χ3n) is 2.76. The second-order valence-electron chi connectivity index (χ2n) is 4.50. The Kier molecular flexibility index (Phi) is 5.38. The fourth-order valence-corrected chi connectivity index (χ4v) is 1.97. The van der Waals surface area contributed by atoms with Crippen molar-refractivity contribution in [2.45, 2.75) is 6.42 Å². The summed E-state index contributed by atoms with van der Waals surface area (Å²) in [4.78, 5) is 23.3. The van der Waals surface area contributed by atoms with Crippen molar-refractivity contribution in [2.75, 3.05) is 10.6 Å². The summed E-state index contributed by atoms with van der Waals surface area (Å²) in [6, 6.07) is 8.19. The molecule has 0 saturated carbocycles. The Balaban J connectivity index is 1.95. The Labute approximate surface area is 137 Å². The van der Waals surface area contributed by atoms with Gasteiger partial charge in [0.1, 0.15) is 6.42 Å². The Morgan fingerprint density at radius 3 is 2.13 bits per heavy atom. The minimum atomic E-state index is -1.69. The van der Waals surface area contributed by atoms with Crippen LogP contribution in [0.5, 0.6) is 0 Å². The maximum absolute atomic E-state index is 13.4. The number of carbonyl (C=O) groups excluding carboxylic acids is 2. The highest BCUT2D eigenvalue weighted by molar-refractivity contribution is 9.10. The van der Waals surface area contributed by atoms with E-state index in [0.717, 1.165) is 10.5 Å². The van der Waals surface area contributed by atoms with Crippen molar-refractivity contribution >= 4 is 39.1 Å². The van der Waals surface area contributed by atoms with Gasteiger partial charge in [-0.2, -0.15) is 0 Å². The Bertz CT molecular complexity index is 751. The van der Waals surface area contributed by atoms with Gasteiger partial charge in [0, 0.05) is 10.2 Å². The van der Waals surface area contributed by atoms with E-state index in [-0.39, 0.29) is 0 Å². The lowest BCUT2D eigenvalue weighted by atomic mass is 10.2. The van der Waals surface area contributed by atoms with Gasteiger partial charge < -0.3 is 10.6 Å². The van der Waals surface area contributed by atoms with Gasteiger partial charge in [0.05, 0.1) is 5.69 Å². The summed E-state index contributed by atoms with van der Waals surface area (Å²) in [5.41, 5.74) is -0.0599. The van der Waals surface area contributed by atoms with Crippen LogP contribution < -0.4 is 10.6 Å². The highest BCUT2D eigenvalue weighted by atomic mass is 79.9. The third-order valence-corrected chi connectivity index (χ3v) is 3.29. The smallest absolute Gasteiger partial charge is 0.233 e. The standard InChI is InChI=1S/C15H10BrF3N2O2/c16-8-1-3-9(4-2-8)20-12(22)7-13(23)21-11-6-5-10(17)14(18)15(11)19/h1-6H,7H2,(H,20,22)(H,21,23). The van der Waals surface area contributed by atoms with Crippen LogP contribution in [0.3, 0.4) is 0 Å². The molecule has 0 aromatic heterocycles. The number of benzene rings is 2. The SMILES string of the molecule is O=C(CC(=O)Nc1ccc(F)c(F)c1F)Nc1ccc(Br)cc1. The molecule has 4 nitrogen and oxygen atoms in total. The van der Waals surface area contributed by atoms with Gasteiger partial charge in [-0.3, -0.25) is 9.59 Å². The van der Waals surface area contributed by atoms with E-state index < -0.39 is 41.4 Å². The molecule has 0 unspecified atom stereocenters. The van der Waals surface area contributed by atoms with Crippen LogP contribution in [0.25, 0.3) is 0 Å². The minimum absolute atomic E-state index is 0.477. The van der Waals surface area contributed by atoms with Gasteiger partial charge in [0.2, 0.25) is 11.8 Å². The predicted molar refractivity (Wildman–Crippen MR) is 82.3 cm³/mol. The van der Waals surface area contributed by atoms with Crippen LogP contribution in [0.2, 0.25) is 0 Å². The average Bonchev–Trinajstić information content (AvgIpc) is 2.50. The summed E-state index contributed by atoms with van der Waals surface area (Å²) in [5.74, 6) is -6.07. The first-order chi connectivity index (χ1) is 10.9. The lowest BCUT2D eigenvalue weighted by Gasteiger charge is -2.08. The van der Waals surface area contributed by atoms with Crippen LogP contribution in [-0.2, 0) is 9.59 Å². The molecule has 23 heavy (non-hydrogen) atoms. The van der Waals surface area contributed by atoms with Gasteiger partial charge in [-0.1, -0.05) is 15.9 Å². The number of amides is 2. The molecule has 0 aliphatic carbocycles. The molecule has 2 N–H and O–H groups in total. The van der Waals surface area contributed by atoms with E-state index in [1.54, 1.807) is 24.3 Å². The van der Waals surface area contributed by atoms with Crippen molar-refractivity contribution < 1.29 is 22.8 Å². The Hall–Kier alpha value is -2.35. The van der Waals surface area contributed by atoms with Crippen LogP contribution >= 0.6 is 15.9 Å². The highest BCUT2D eigenvalue weighted by Crippen LogP contribution is 2.20. The fourth-order valence-electron chi connectivity index (χ4n) is 1.70. The van der Waals surface area contributed by atoms with Crippen LogP contribution in [0.4, 0.5) is 24.5 Å². The first-order valence-corrected chi connectivity index (χ1v) is 7.15. The van der Waals surface area contributed by atoms with Crippen molar-refractivity contribution in [3.63, 3.8) is 0 Å². The largest absolute Gasteiger partial charge is 0.326 e. The predicted octanol–water partition coefficient (Wildman–Crippen LogP) is 3.83. The van der Waals surface area contributed by atoms with Crippen LogP contribution in [-0.4, -0.2) is 11.8 Å². The minimum Gasteiger partial charge on any atom is -0.326 e. The van der Waals surface area contributed by atoms with E-state index in [1.807, 2.05) is 5.32 Å². The van der Waals surface area contributed by atoms with Crippen LogP contribution in [0.1, 0.15) is 6.42 Å². The number of nitrogens with one attached hydrogen (secondary N) is 2. The van der Waals surface area contributed by atoms with Crippen LogP contribution in [0.15, 0.2) is 40.9 Å². The van der Waals surface area contributed by atoms with E-state index in [2.05, 4.69) is 21.2 Å². The molecule has 2 rings (SSSR count). The van der Waals surface area contributed by atoms with Gasteiger partial charge in [-0.15, -0.1) is 0 Å². The number of carbonyl (C=O) groups is 2. The first-order valence-electron chi connectivity index (χ1n) is 6.35. The number of anilines is 2. The zero-order valence-electron chi connectivity index (χ0n) is 11.5. The normalized spacial score (nSPS) is 10.3. The molecule has 0 fully saturated rings. The summed E-state index contributed by atoms with van der Waals surface area (Å²) in [5, 5.41) is 4.49. The van der Waals surface area contributed by atoms with Crippen molar-refractivity contribution in [1.82, 2.24) is 0 Å². The molecule has 120 valence electrons. The summed E-state index contributed by atoms with van der Waals surface area (Å²) >= 11 is 3.24. The number of hydrogen-bond donors (Lipinski definition) is 2. The van der Waals surface area contributed by atoms with Crippen molar-refractivity contribution in [2.24, 2.45) is 0 Å². The summed E-state index contributed by atoms with van der Waals surface area (Å²) in [6.07, 6.45) is -0.603. The monoisotopic (exact) mass is 386 g/mol. The maximum atomic E-state index is 13.4. The van der Waals surface area contributed by atoms with Gasteiger partial charge >= 0.3 is 0 Å². The molecule has 0 aliphatic heterocycles. The first kappa shape index (κ1) is 17.0. The summed E-state index contributed by atoms with van der Waals surface area (Å²) in [7, 11) is 0. The second kappa shape index (κ2) is 7.28. The Morgan fingerprint density at radius 1 is 0.870 bits per heavy atom. The van der Waals surface area contributed by atoms with Crippen molar-refractivity contribution in [1.29, 1.82) is 0 Å². The molecule has 2 amide bonds. The lowest BCUT2D eigenvalue weighted by Crippen LogP contribution is -2.22. The molecule has 0 atom stereocenters. The zero-order chi connectivity index (χ0) is 17.0. The molecule has 0 aliphatic rings. The molecular formula is C15H10BrF3N2O2. The lowest BCUT2D eigenvalue weighted by molar-refractivity contribution is -0.123. The van der Waals surface area contributed by atoms with Gasteiger partial charge in [-0.25, -0.2) is 13.2 Å². The molecule has 0 bridgehead atoms. The summed E-state index contributed by atoms with van der Waals surface area (Å²) < 4.78 is 40.1. The van der Waals surface area contributed by atoms with E-state index >= 15 is 0 Å². The van der Waals surface area contributed by atoms with E-state index in [0.29, 0.717) is 11.8 Å². The summed E-state index contributed by atoms with van der Waals surface area (Å²) in [6.45, 7) is 0.